The van der Waals surface area contributed by atoms with Crippen molar-refractivity contribution in [2.24, 2.45) is 0 Å². The van der Waals surface area contributed by atoms with E-state index in [0.717, 1.165) is 0 Å². The van der Waals surface area contributed by atoms with Gasteiger partial charge in [-0.05, 0) is 20.8 Å². The van der Waals surface area contributed by atoms with Crippen molar-refractivity contribution >= 4 is 11.9 Å². The van der Waals surface area contributed by atoms with Crippen LogP contribution < -0.4 is 0 Å². The van der Waals surface area contributed by atoms with E-state index >= 15 is 0 Å². The zero-order chi connectivity index (χ0) is 14.6. The maximum Gasteiger partial charge on any atom is 0.337 e. The lowest BCUT2D eigenvalue weighted by molar-refractivity contribution is -0.167. The summed E-state index contributed by atoms with van der Waals surface area (Å²) in [5.41, 5.74) is 0.0448. The van der Waals surface area contributed by atoms with Gasteiger partial charge in [-0.3, -0.25) is 4.79 Å². The molecule has 19 heavy (non-hydrogen) atoms. The highest BCUT2D eigenvalue weighted by atomic mass is 16.8. The second kappa shape index (κ2) is 6.16. The second-order valence-electron chi connectivity index (χ2n) is 4.64. The van der Waals surface area contributed by atoms with Crippen LogP contribution in [0.15, 0.2) is 12.2 Å². The average molecular weight is 272 g/mol. The number of carbonyl (C=O) groups is 2. The largest absolute Gasteiger partial charge is 0.463 e. The molecule has 6 nitrogen and oxygen atoms in total. The van der Waals surface area contributed by atoms with E-state index in [-0.39, 0.29) is 18.8 Å². The van der Waals surface area contributed by atoms with E-state index in [1.165, 1.54) is 6.92 Å². The van der Waals surface area contributed by atoms with E-state index in [0.29, 0.717) is 0 Å². The van der Waals surface area contributed by atoms with Gasteiger partial charge in [0.15, 0.2) is 11.9 Å². The minimum absolute atomic E-state index is 0.0448. The lowest BCUT2D eigenvalue weighted by atomic mass is 10.1. The molecule has 0 aromatic carbocycles. The van der Waals surface area contributed by atoms with Crippen LogP contribution in [0.3, 0.4) is 0 Å². The van der Waals surface area contributed by atoms with Crippen molar-refractivity contribution in [3.8, 4) is 0 Å². The van der Waals surface area contributed by atoms with Gasteiger partial charge < -0.3 is 18.9 Å². The van der Waals surface area contributed by atoms with Crippen molar-refractivity contribution in [2.45, 2.75) is 45.7 Å². The predicted octanol–water partition coefficient (Wildman–Crippen LogP) is 1.19. The van der Waals surface area contributed by atoms with Gasteiger partial charge in [0.25, 0.3) is 0 Å². The molecule has 0 bridgehead atoms. The summed E-state index contributed by atoms with van der Waals surface area (Å²) in [7, 11) is 0. The van der Waals surface area contributed by atoms with E-state index in [1.807, 2.05) is 0 Å². The van der Waals surface area contributed by atoms with Crippen LogP contribution in [0.4, 0.5) is 0 Å². The smallest absolute Gasteiger partial charge is 0.337 e. The molecular formula is C13H20O6. The minimum Gasteiger partial charge on any atom is -0.463 e. The molecule has 6 heteroatoms. The quantitative estimate of drug-likeness (QED) is 0.553. The molecule has 0 aromatic heterocycles. The van der Waals surface area contributed by atoms with Crippen molar-refractivity contribution in [2.75, 3.05) is 13.2 Å². The van der Waals surface area contributed by atoms with Gasteiger partial charge >= 0.3 is 11.9 Å². The highest BCUT2D eigenvalue weighted by molar-refractivity contribution is 5.89. The molecule has 0 N–H and O–H groups in total. The summed E-state index contributed by atoms with van der Waals surface area (Å²) >= 11 is 0. The molecule has 0 radical (unpaired) electrons. The Labute approximate surface area is 112 Å². The number of ether oxygens (including phenoxy) is 4. The number of hydrogen-bond acceptors (Lipinski definition) is 6. The van der Waals surface area contributed by atoms with Crippen LogP contribution in [0, 0.1) is 0 Å². The van der Waals surface area contributed by atoms with E-state index in [1.54, 1.807) is 20.8 Å². The SMILES string of the molecule is C=C(C(=O)OCC)C(OC(C)=O)[C@H]1COC(C)(C)O1. The summed E-state index contributed by atoms with van der Waals surface area (Å²) in [5, 5.41) is 0. The van der Waals surface area contributed by atoms with E-state index in [2.05, 4.69) is 6.58 Å². The summed E-state index contributed by atoms with van der Waals surface area (Å²) < 4.78 is 21.0. The molecule has 108 valence electrons. The monoisotopic (exact) mass is 272 g/mol. The predicted molar refractivity (Wildman–Crippen MR) is 66.2 cm³/mol. The van der Waals surface area contributed by atoms with Crippen molar-refractivity contribution in [3.05, 3.63) is 12.2 Å². The molecule has 1 unspecified atom stereocenters. The van der Waals surface area contributed by atoms with Gasteiger partial charge in [0.1, 0.15) is 6.10 Å². The van der Waals surface area contributed by atoms with Crippen LogP contribution in [0.25, 0.3) is 0 Å². The Balaban J connectivity index is 2.80. The minimum atomic E-state index is -0.904. The summed E-state index contributed by atoms with van der Waals surface area (Å²) in [6.07, 6.45) is -1.48. The molecule has 0 saturated carbocycles. The highest BCUT2D eigenvalue weighted by Gasteiger charge is 2.41. The topological polar surface area (TPSA) is 71.1 Å². The van der Waals surface area contributed by atoms with Gasteiger partial charge in [-0.1, -0.05) is 6.58 Å². The third-order valence-corrected chi connectivity index (χ3v) is 2.54. The zero-order valence-corrected chi connectivity index (χ0v) is 11.7. The van der Waals surface area contributed by atoms with Gasteiger partial charge in [0.05, 0.1) is 18.8 Å². The van der Waals surface area contributed by atoms with Crippen molar-refractivity contribution in [1.82, 2.24) is 0 Å². The van der Waals surface area contributed by atoms with Crippen LogP contribution in [-0.2, 0) is 28.5 Å². The average Bonchev–Trinajstić information content (AvgIpc) is 2.65. The summed E-state index contributed by atoms with van der Waals surface area (Å²) in [6.45, 7) is 10.5. The molecular weight excluding hydrogens is 252 g/mol. The van der Waals surface area contributed by atoms with Crippen molar-refractivity contribution < 1.29 is 28.5 Å². The Bertz CT molecular complexity index is 373. The molecule has 0 aliphatic carbocycles. The fourth-order valence-electron chi connectivity index (χ4n) is 1.75. The Morgan fingerprint density at radius 1 is 1.47 bits per heavy atom. The maximum atomic E-state index is 11.7. The first kappa shape index (κ1) is 15.7. The Hall–Kier alpha value is -1.40. The Kier molecular flexibility index (Phi) is 5.08. The zero-order valence-electron chi connectivity index (χ0n) is 11.7. The number of esters is 2. The van der Waals surface area contributed by atoms with Crippen LogP contribution >= 0.6 is 0 Å². The van der Waals surface area contributed by atoms with Crippen LogP contribution in [0.2, 0.25) is 0 Å². The molecule has 1 rings (SSSR count). The second-order valence-corrected chi connectivity index (χ2v) is 4.64. The fraction of sp³-hybridized carbons (Fsp3) is 0.692. The summed E-state index contributed by atoms with van der Waals surface area (Å²) in [6, 6.07) is 0. The van der Waals surface area contributed by atoms with Gasteiger partial charge in [-0.15, -0.1) is 0 Å². The first-order chi connectivity index (χ1) is 8.76. The Morgan fingerprint density at radius 2 is 2.11 bits per heavy atom. The molecule has 0 spiro atoms. The van der Waals surface area contributed by atoms with E-state index in [4.69, 9.17) is 18.9 Å². The number of carbonyl (C=O) groups excluding carboxylic acids is 2. The van der Waals surface area contributed by atoms with Crippen LogP contribution in [-0.4, -0.2) is 43.1 Å². The molecule has 2 atom stereocenters. The van der Waals surface area contributed by atoms with Crippen LogP contribution in [0.5, 0.6) is 0 Å². The fourth-order valence-corrected chi connectivity index (χ4v) is 1.75. The standard InChI is InChI=1S/C13H20O6/c1-6-16-12(15)8(2)11(18-9(3)14)10-7-17-13(4,5)19-10/h10-11H,2,6-7H2,1,3-5H3/t10-,11?/m1/s1. The maximum absolute atomic E-state index is 11.7. The number of rotatable bonds is 5. The first-order valence-electron chi connectivity index (χ1n) is 6.11. The van der Waals surface area contributed by atoms with Gasteiger partial charge in [0.2, 0.25) is 0 Å². The van der Waals surface area contributed by atoms with E-state index in [9.17, 15) is 9.59 Å². The van der Waals surface area contributed by atoms with Crippen LogP contribution in [0.1, 0.15) is 27.7 Å². The lowest BCUT2D eigenvalue weighted by Gasteiger charge is -2.24. The third-order valence-electron chi connectivity index (χ3n) is 2.54. The Morgan fingerprint density at radius 3 is 2.53 bits per heavy atom. The summed E-state index contributed by atoms with van der Waals surface area (Å²) in [4.78, 5) is 22.8. The molecule has 0 amide bonds. The molecule has 1 heterocycles. The van der Waals surface area contributed by atoms with Gasteiger partial charge in [0, 0.05) is 6.92 Å². The van der Waals surface area contributed by atoms with E-state index < -0.39 is 29.9 Å². The number of hydrogen-bond donors (Lipinski definition) is 0. The first-order valence-corrected chi connectivity index (χ1v) is 6.11. The summed E-state index contributed by atoms with van der Waals surface area (Å²) in [5.74, 6) is -1.91. The van der Waals surface area contributed by atoms with Crippen molar-refractivity contribution in [3.63, 3.8) is 0 Å². The third kappa shape index (κ3) is 4.33. The molecule has 1 aliphatic heterocycles. The molecule has 1 fully saturated rings. The molecule has 1 saturated heterocycles. The normalized spacial score (nSPS) is 22.6. The van der Waals surface area contributed by atoms with Crippen molar-refractivity contribution in [1.29, 1.82) is 0 Å². The highest BCUT2D eigenvalue weighted by Crippen LogP contribution is 2.28. The molecule has 1 aliphatic rings. The van der Waals surface area contributed by atoms with Gasteiger partial charge in [-0.25, -0.2) is 4.79 Å². The molecule has 0 aromatic rings. The van der Waals surface area contributed by atoms with Gasteiger partial charge in [-0.2, -0.15) is 0 Å². The lowest BCUT2D eigenvalue weighted by Crippen LogP contribution is -2.38.